The minimum Gasteiger partial charge on any atom is -0.166 e. The van der Waals surface area contributed by atoms with E-state index in [0.29, 0.717) is 0 Å². The van der Waals surface area contributed by atoms with Crippen LogP contribution >= 0.6 is 0 Å². The van der Waals surface area contributed by atoms with Crippen LogP contribution in [0.4, 0.5) is 13.2 Å². The van der Waals surface area contributed by atoms with Gasteiger partial charge in [0.1, 0.15) is 0 Å². The van der Waals surface area contributed by atoms with Gasteiger partial charge < -0.3 is 0 Å². The number of benzene rings is 3. The minimum atomic E-state index is -4.33. The molecule has 3 aromatic rings. The van der Waals surface area contributed by atoms with Gasteiger partial charge in [0.2, 0.25) is 0 Å². The second-order valence-corrected chi connectivity index (χ2v) is 6.31. The number of alkyl halides is 3. The molecule has 0 spiro atoms. The summed E-state index contributed by atoms with van der Waals surface area (Å²) in [5.74, 6) is 0. The summed E-state index contributed by atoms with van der Waals surface area (Å²) in [6.45, 7) is 4.01. The quantitative estimate of drug-likeness (QED) is 0.446. The number of hydrogen-bond donors (Lipinski definition) is 0. The molecular formula is C23H19F3. The lowest BCUT2D eigenvalue weighted by molar-refractivity contribution is -0.137. The van der Waals surface area contributed by atoms with E-state index in [1.54, 1.807) is 12.1 Å². The van der Waals surface area contributed by atoms with Gasteiger partial charge in [-0.05, 0) is 53.8 Å². The van der Waals surface area contributed by atoms with Crippen LogP contribution in [0.5, 0.6) is 0 Å². The summed E-state index contributed by atoms with van der Waals surface area (Å²) in [5.41, 5.74) is 5.25. The van der Waals surface area contributed by atoms with Crippen LogP contribution in [0.2, 0.25) is 0 Å². The molecule has 0 nitrogen and oxygen atoms in total. The zero-order valence-electron chi connectivity index (χ0n) is 14.6. The van der Waals surface area contributed by atoms with Crippen LogP contribution < -0.4 is 0 Å². The highest BCUT2D eigenvalue weighted by Crippen LogP contribution is 2.35. The van der Waals surface area contributed by atoms with Crippen molar-refractivity contribution in [2.45, 2.75) is 20.0 Å². The third-order valence-corrected chi connectivity index (χ3v) is 4.42. The minimum absolute atomic E-state index is 0.637. The molecule has 3 heteroatoms. The molecule has 0 heterocycles. The summed E-state index contributed by atoms with van der Waals surface area (Å²) in [6.07, 6.45) is -4.33. The Morgan fingerprint density at radius 3 is 1.65 bits per heavy atom. The molecule has 0 atom stereocenters. The van der Waals surface area contributed by atoms with Gasteiger partial charge in [-0.25, -0.2) is 0 Å². The van der Waals surface area contributed by atoms with Crippen LogP contribution in [0.1, 0.15) is 34.7 Å². The Balaban J connectivity index is 2.17. The van der Waals surface area contributed by atoms with E-state index >= 15 is 0 Å². The summed E-state index contributed by atoms with van der Waals surface area (Å²) in [5, 5.41) is 0. The number of hydrogen-bond acceptors (Lipinski definition) is 0. The van der Waals surface area contributed by atoms with Gasteiger partial charge in [-0.1, -0.05) is 72.3 Å². The van der Waals surface area contributed by atoms with Crippen molar-refractivity contribution in [2.24, 2.45) is 0 Å². The first-order valence-electron chi connectivity index (χ1n) is 8.37. The maximum absolute atomic E-state index is 12.9. The fourth-order valence-electron chi connectivity index (χ4n) is 2.98. The summed E-state index contributed by atoms with van der Waals surface area (Å²) in [4.78, 5) is 0. The molecule has 0 aliphatic rings. The molecule has 0 N–H and O–H groups in total. The van der Waals surface area contributed by atoms with Crippen LogP contribution in [0.25, 0.3) is 11.1 Å². The van der Waals surface area contributed by atoms with Crippen LogP contribution in [0.15, 0.2) is 78.9 Å². The fraction of sp³-hybridized carbons (Fsp3) is 0.130. The first kappa shape index (κ1) is 18.0. The first-order chi connectivity index (χ1) is 12.4. The Hall–Kier alpha value is -2.81. The molecule has 26 heavy (non-hydrogen) atoms. The van der Waals surface area contributed by atoms with E-state index in [0.717, 1.165) is 45.5 Å². The lowest BCUT2D eigenvalue weighted by atomic mass is 9.89. The van der Waals surface area contributed by atoms with Crippen LogP contribution in [0.3, 0.4) is 0 Å². The second kappa shape index (κ2) is 7.20. The van der Waals surface area contributed by atoms with Crippen molar-refractivity contribution in [3.05, 3.63) is 107 Å². The van der Waals surface area contributed by atoms with Gasteiger partial charge in [0, 0.05) is 0 Å². The normalized spacial score (nSPS) is 12.7. The summed E-state index contributed by atoms with van der Waals surface area (Å²) in [7, 11) is 0. The van der Waals surface area contributed by atoms with Crippen molar-refractivity contribution >= 4 is 11.1 Å². The summed E-state index contributed by atoms with van der Waals surface area (Å²) >= 11 is 0. The van der Waals surface area contributed by atoms with Gasteiger partial charge >= 0.3 is 6.18 Å². The third-order valence-electron chi connectivity index (χ3n) is 4.42. The molecule has 3 rings (SSSR count). The van der Waals surface area contributed by atoms with Crippen molar-refractivity contribution in [3.8, 4) is 0 Å². The zero-order valence-corrected chi connectivity index (χ0v) is 14.6. The number of aryl methyl sites for hydroxylation is 1. The fourth-order valence-corrected chi connectivity index (χ4v) is 2.98. The van der Waals surface area contributed by atoms with E-state index in [1.165, 1.54) is 0 Å². The lowest BCUT2D eigenvalue weighted by Gasteiger charge is -2.15. The number of allylic oxidation sites excluding steroid dienone is 1. The average Bonchev–Trinajstić information content (AvgIpc) is 2.64. The molecule has 132 valence electrons. The van der Waals surface area contributed by atoms with E-state index in [9.17, 15) is 13.2 Å². The topological polar surface area (TPSA) is 0 Å². The molecule has 0 unspecified atom stereocenters. The Labute approximate surface area is 151 Å². The van der Waals surface area contributed by atoms with E-state index in [2.05, 4.69) is 0 Å². The van der Waals surface area contributed by atoms with Crippen molar-refractivity contribution in [1.29, 1.82) is 0 Å². The molecule has 0 aliphatic carbocycles. The van der Waals surface area contributed by atoms with Crippen molar-refractivity contribution < 1.29 is 13.2 Å². The predicted molar refractivity (Wildman–Crippen MR) is 101 cm³/mol. The molecule has 0 saturated carbocycles. The van der Waals surface area contributed by atoms with E-state index in [1.807, 2.05) is 68.4 Å². The Kier molecular flexibility index (Phi) is 4.99. The molecule has 0 radical (unpaired) electrons. The van der Waals surface area contributed by atoms with Crippen molar-refractivity contribution in [3.63, 3.8) is 0 Å². The van der Waals surface area contributed by atoms with Crippen LogP contribution in [-0.4, -0.2) is 0 Å². The van der Waals surface area contributed by atoms with Gasteiger partial charge in [0.25, 0.3) is 0 Å². The highest BCUT2D eigenvalue weighted by molar-refractivity contribution is 5.97. The smallest absolute Gasteiger partial charge is 0.166 e. The monoisotopic (exact) mass is 352 g/mol. The Morgan fingerprint density at radius 2 is 1.15 bits per heavy atom. The van der Waals surface area contributed by atoms with Gasteiger partial charge in [0.05, 0.1) is 5.56 Å². The molecule has 3 aromatic carbocycles. The van der Waals surface area contributed by atoms with E-state index < -0.39 is 11.7 Å². The maximum Gasteiger partial charge on any atom is 0.416 e. The SMILES string of the molecule is C/C(=C(/c1ccc(C)cc1)c1ccc(C(F)(F)F)cc1)c1ccccc1. The number of halogens is 3. The highest BCUT2D eigenvalue weighted by Gasteiger charge is 2.30. The third kappa shape index (κ3) is 3.88. The van der Waals surface area contributed by atoms with Gasteiger partial charge in [-0.3, -0.25) is 0 Å². The predicted octanol–water partition coefficient (Wildman–Crippen LogP) is 6.99. The summed E-state index contributed by atoms with van der Waals surface area (Å²) < 4.78 is 38.7. The Bertz CT molecular complexity index is 900. The van der Waals surface area contributed by atoms with E-state index in [4.69, 9.17) is 0 Å². The largest absolute Gasteiger partial charge is 0.416 e. The van der Waals surface area contributed by atoms with Crippen molar-refractivity contribution in [1.82, 2.24) is 0 Å². The molecule has 0 fully saturated rings. The van der Waals surface area contributed by atoms with Gasteiger partial charge in [0.15, 0.2) is 0 Å². The second-order valence-electron chi connectivity index (χ2n) is 6.31. The Morgan fingerprint density at radius 1 is 0.654 bits per heavy atom. The number of rotatable bonds is 3. The van der Waals surface area contributed by atoms with Crippen molar-refractivity contribution in [2.75, 3.05) is 0 Å². The van der Waals surface area contributed by atoms with Crippen LogP contribution in [-0.2, 0) is 6.18 Å². The van der Waals surface area contributed by atoms with Crippen LogP contribution in [0, 0.1) is 6.92 Å². The molecule has 0 bridgehead atoms. The lowest BCUT2D eigenvalue weighted by Crippen LogP contribution is -2.04. The molecule has 0 aliphatic heterocycles. The molecular weight excluding hydrogens is 333 g/mol. The van der Waals surface area contributed by atoms with Gasteiger partial charge in [-0.2, -0.15) is 13.2 Å². The van der Waals surface area contributed by atoms with Gasteiger partial charge in [-0.15, -0.1) is 0 Å². The molecule has 0 aromatic heterocycles. The molecule has 0 amide bonds. The summed E-state index contributed by atoms with van der Waals surface area (Å²) in [6, 6.07) is 23.3. The first-order valence-corrected chi connectivity index (χ1v) is 8.37. The standard InChI is InChI=1S/C23H19F3/c1-16-8-10-19(11-9-16)22(17(2)18-6-4-3-5-7-18)20-12-14-21(15-13-20)23(24,25)26/h3-15H,1-2H3/b22-17+. The zero-order chi connectivity index (χ0) is 18.7. The van der Waals surface area contributed by atoms with E-state index in [-0.39, 0.29) is 0 Å². The average molecular weight is 352 g/mol. The maximum atomic E-state index is 12.9. The molecule has 0 saturated heterocycles. The highest BCUT2D eigenvalue weighted by atomic mass is 19.4.